The second-order valence-electron chi connectivity index (χ2n) is 5.60. The molecule has 3 rings (SSSR count). The van der Waals surface area contributed by atoms with Crippen molar-refractivity contribution in [1.29, 1.82) is 0 Å². The number of rotatable bonds is 3. The summed E-state index contributed by atoms with van der Waals surface area (Å²) in [4.78, 5) is 2.70. The van der Waals surface area contributed by atoms with E-state index in [1.165, 1.54) is 38.8 Å². The molecule has 2 aliphatic rings. The lowest BCUT2D eigenvalue weighted by atomic mass is 9.79. The van der Waals surface area contributed by atoms with Crippen molar-refractivity contribution in [3.63, 3.8) is 0 Å². The maximum atomic E-state index is 5.39. The molecule has 0 unspecified atom stereocenters. The van der Waals surface area contributed by atoms with E-state index in [0.29, 0.717) is 0 Å². The van der Waals surface area contributed by atoms with Gasteiger partial charge in [0.1, 0.15) is 5.75 Å². The van der Waals surface area contributed by atoms with Gasteiger partial charge in [0.2, 0.25) is 0 Å². The number of hydrogen-bond acceptors (Lipinski definition) is 2. The molecule has 18 heavy (non-hydrogen) atoms. The molecule has 0 spiro atoms. The van der Waals surface area contributed by atoms with Crippen LogP contribution in [0.4, 0.5) is 0 Å². The number of benzene rings is 1. The number of ether oxygens (including phenoxy) is 1. The predicted octanol–water partition coefficient (Wildman–Crippen LogP) is 3.21. The van der Waals surface area contributed by atoms with Gasteiger partial charge < -0.3 is 4.74 Å². The molecule has 98 valence electrons. The van der Waals surface area contributed by atoms with E-state index in [0.717, 1.165) is 17.7 Å². The Kier molecular flexibility index (Phi) is 3.29. The molecule has 0 bridgehead atoms. The van der Waals surface area contributed by atoms with Gasteiger partial charge in [0.15, 0.2) is 0 Å². The summed E-state index contributed by atoms with van der Waals surface area (Å²) in [6, 6.07) is 7.44. The van der Waals surface area contributed by atoms with Crippen LogP contribution in [0, 0.1) is 0 Å². The van der Waals surface area contributed by atoms with Crippen molar-refractivity contribution in [3.8, 4) is 5.75 Å². The molecule has 2 atom stereocenters. The van der Waals surface area contributed by atoms with E-state index in [2.05, 4.69) is 30.0 Å². The lowest BCUT2D eigenvalue weighted by molar-refractivity contribution is 0.227. The van der Waals surface area contributed by atoms with Crippen molar-refractivity contribution in [3.05, 3.63) is 29.3 Å². The van der Waals surface area contributed by atoms with Gasteiger partial charge in [-0.1, -0.05) is 13.0 Å². The third-order valence-corrected chi connectivity index (χ3v) is 4.63. The average molecular weight is 245 g/mol. The smallest absolute Gasteiger partial charge is 0.119 e. The zero-order chi connectivity index (χ0) is 12.5. The second-order valence-corrected chi connectivity index (χ2v) is 5.60. The number of methoxy groups -OCH3 is 1. The van der Waals surface area contributed by atoms with Crippen LogP contribution in [-0.4, -0.2) is 31.1 Å². The summed E-state index contributed by atoms with van der Waals surface area (Å²) in [6.07, 6.45) is 5.17. The minimum atomic E-state index is 0.746. The van der Waals surface area contributed by atoms with Gasteiger partial charge >= 0.3 is 0 Å². The Labute approximate surface area is 110 Å². The molecule has 1 aromatic rings. The Morgan fingerprint density at radius 1 is 1.33 bits per heavy atom. The number of nitrogens with zero attached hydrogens (tertiary/aromatic N) is 1. The minimum Gasteiger partial charge on any atom is -0.497 e. The summed E-state index contributed by atoms with van der Waals surface area (Å²) in [5.41, 5.74) is 3.11. The van der Waals surface area contributed by atoms with Gasteiger partial charge in [-0.05, 0) is 62.0 Å². The third kappa shape index (κ3) is 1.93. The number of aryl methyl sites for hydroxylation is 1. The molecule has 2 nitrogen and oxygen atoms in total. The monoisotopic (exact) mass is 245 g/mol. The highest BCUT2D eigenvalue weighted by Gasteiger charge is 2.38. The van der Waals surface area contributed by atoms with Crippen molar-refractivity contribution >= 4 is 0 Å². The van der Waals surface area contributed by atoms with Crippen LogP contribution in [0.15, 0.2) is 18.2 Å². The van der Waals surface area contributed by atoms with Crippen LogP contribution < -0.4 is 4.74 Å². The SMILES string of the molecule is CCCN1CC[C@H]2c3cc(OC)ccc3CC[C@@H]21. The quantitative estimate of drug-likeness (QED) is 0.811. The van der Waals surface area contributed by atoms with Gasteiger partial charge in [-0.25, -0.2) is 0 Å². The average Bonchev–Trinajstić information content (AvgIpc) is 2.82. The van der Waals surface area contributed by atoms with E-state index in [1.54, 1.807) is 18.2 Å². The summed E-state index contributed by atoms with van der Waals surface area (Å²) >= 11 is 0. The van der Waals surface area contributed by atoms with Crippen molar-refractivity contribution in [2.24, 2.45) is 0 Å². The van der Waals surface area contributed by atoms with Gasteiger partial charge in [-0.3, -0.25) is 4.90 Å². The lowest BCUT2D eigenvalue weighted by Gasteiger charge is -2.33. The van der Waals surface area contributed by atoms with Crippen LogP contribution in [0.3, 0.4) is 0 Å². The minimum absolute atomic E-state index is 0.746. The van der Waals surface area contributed by atoms with Crippen molar-refractivity contribution in [1.82, 2.24) is 4.90 Å². The fraction of sp³-hybridized carbons (Fsp3) is 0.625. The van der Waals surface area contributed by atoms with Crippen LogP contribution in [0.2, 0.25) is 0 Å². The number of fused-ring (bicyclic) bond motifs is 3. The van der Waals surface area contributed by atoms with Crippen molar-refractivity contribution in [2.75, 3.05) is 20.2 Å². The van der Waals surface area contributed by atoms with Gasteiger partial charge in [0.05, 0.1) is 7.11 Å². The molecule has 1 aliphatic carbocycles. The molecule has 0 saturated carbocycles. The fourth-order valence-corrected chi connectivity index (χ4v) is 3.81. The molecule has 1 fully saturated rings. The summed E-state index contributed by atoms with van der Waals surface area (Å²) in [5, 5.41) is 0. The zero-order valence-corrected chi connectivity index (χ0v) is 11.5. The fourth-order valence-electron chi connectivity index (χ4n) is 3.81. The van der Waals surface area contributed by atoms with E-state index < -0.39 is 0 Å². The lowest BCUT2D eigenvalue weighted by Crippen LogP contribution is -2.35. The zero-order valence-electron chi connectivity index (χ0n) is 11.5. The van der Waals surface area contributed by atoms with E-state index in [9.17, 15) is 0 Å². The van der Waals surface area contributed by atoms with Gasteiger partial charge in [-0.15, -0.1) is 0 Å². The van der Waals surface area contributed by atoms with Gasteiger partial charge in [0, 0.05) is 12.0 Å². The highest BCUT2D eigenvalue weighted by Crippen LogP contribution is 2.42. The largest absolute Gasteiger partial charge is 0.497 e. The molecule has 1 saturated heterocycles. The van der Waals surface area contributed by atoms with E-state index in [4.69, 9.17) is 4.74 Å². The van der Waals surface area contributed by atoms with Crippen molar-refractivity contribution in [2.45, 2.75) is 44.6 Å². The van der Waals surface area contributed by atoms with Crippen LogP contribution >= 0.6 is 0 Å². The highest BCUT2D eigenvalue weighted by molar-refractivity contribution is 5.41. The second kappa shape index (κ2) is 4.93. The first-order valence-corrected chi connectivity index (χ1v) is 7.24. The first-order chi connectivity index (χ1) is 8.83. The molecular formula is C16H23NO. The summed E-state index contributed by atoms with van der Waals surface area (Å²) in [6.45, 7) is 4.83. The van der Waals surface area contributed by atoms with Crippen molar-refractivity contribution < 1.29 is 4.74 Å². The van der Waals surface area contributed by atoms with E-state index >= 15 is 0 Å². The third-order valence-electron chi connectivity index (χ3n) is 4.63. The van der Waals surface area contributed by atoms with Crippen LogP contribution in [0.25, 0.3) is 0 Å². The van der Waals surface area contributed by atoms with E-state index in [1.807, 2.05) is 0 Å². The summed E-state index contributed by atoms with van der Waals surface area (Å²) in [5.74, 6) is 1.76. The topological polar surface area (TPSA) is 12.5 Å². The standard InChI is InChI=1S/C16H23NO/c1-3-9-17-10-8-14-15-11-13(18-2)6-4-12(15)5-7-16(14)17/h4,6,11,14,16H,3,5,7-10H2,1-2H3/t14-,16-/m0/s1. The maximum Gasteiger partial charge on any atom is 0.119 e. The molecule has 2 heteroatoms. The molecule has 1 heterocycles. The normalized spacial score (nSPS) is 26.8. The molecule has 1 aromatic carbocycles. The number of likely N-dealkylation sites (tertiary alicyclic amines) is 1. The van der Waals surface area contributed by atoms with E-state index in [-0.39, 0.29) is 0 Å². The Bertz CT molecular complexity index is 429. The summed E-state index contributed by atoms with van der Waals surface area (Å²) in [7, 11) is 1.76. The maximum absolute atomic E-state index is 5.39. The molecule has 0 amide bonds. The molecule has 0 aromatic heterocycles. The number of hydrogen-bond donors (Lipinski definition) is 0. The van der Waals surface area contributed by atoms with Gasteiger partial charge in [0.25, 0.3) is 0 Å². The van der Waals surface area contributed by atoms with Crippen LogP contribution in [0.5, 0.6) is 5.75 Å². The Balaban J connectivity index is 1.89. The Hall–Kier alpha value is -1.02. The molecule has 1 aliphatic heterocycles. The molecule has 0 N–H and O–H groups in total. The summed E-state index contributed by atoms with van der Waals surface area (Å²) < 4.78 is 5.39. The Morgan fingerprint density at radius 2 is 2.22 bits per heavy atom. The molecular weight excluding hydrogens is 222 g/mol. The first kappa shape index (κ1) is 12.0. The molecule has 0 radical (unpaired) electrons. The van der Waals surface area contributed by atoms with Crippen LogP contribution in [0.1, 0.15) is 43.2 Å². The van der Waals surface area contributed by atoms with Crippen LogP contribution in [-0.2, 0) is 6.42 Å². The first-order valence-electron chi connectivity index (χ1n) is 7.24. The predicted molar refractivity (Wildman–Crippen MR) is 74.3 cm³/mol. The highest BCUT2D eigenvalue weighted by atomic mass is 16.5. The Morgan fingerprint density at radius 3 is 3.00 bits per heavy atom. The van der Waals surface area contributed by atoms with Gasteiger partial charge in [-0.2, -0.15) is 0 Å².